The van der Waals surface area contributed by atoms with Gasteiger partial charge in [0.1, 0.15) is 17.3 Å². The highest BCUT2D eigenvalue weighted by molar-refractivity contribution is 6.30. The molecule has 0 saturated heterocycles. The van der Waals surface area contributed by atoms with Crippen LogP contribution in [-0.4, -0.2) is 10.1 Å². The van der Waals surface area contributed by atoms with E-state index in [2.05, 4.69) is 4.98 Å². The van der Waals surface area contributed by atoms with E-state index in [1.54, 1.807) is 12.1 Å². The number of aromatic nitrogens is 1. The molecule has 0 radical (unpaired) electrons. The SMILES string of the molecule is CCC(O)c1ccc(Oc2ccc(F)c(Cl)c2)cn1. The predicted molar refractivity (Wildman–Crippen MR) is 71.0 cm³/mol. The molecule has 3 nitrogen and oxygen atoms in total. The Morgan fingerprint density at radius 1 is 1.32 bits per heavy atom. The number of ether oxygens (including phenoxy) is 1. The van der Waals surface area contributed by atoms with Gasteiger partial charge in [-0.2, -0.15) is 0 Å². The van der Waals surface area contributed by atoms with Crippen molar-refractivity contribution in [2.24, 2.45) is 0 Å². The van der Waals surface area contributed by atoms with Gasteiger partial charge in [0.15, 0.2) is 0 Å². The Bertz CT molecular complexity index is 560. The average molecular weight is 282 g/mol. The Morgan fingerprint density at radius 3 is 2.63 bits per heavy atom. The van der Waals surface area contributed by atoms with Crippen LogP contribution in [0.2, 0.25) is 5.02 Å². The molecule has 0 saturated carbocycles. The predicted octanol–water partition coefficient (Wildman–Crippen LogP) is 4.11. The van der Waals surface area contributed by atoms with E-state index >= 15 is 0 Å². The minimum absolute atomic E-state index is 0.00323. The summed E-state index contributed by atoms with van der Waals surface area (Å²) in [5.74, 6) is 0.431. The van der Waals surface area contributed by atoms with Crippen molar-refractivity contribution in [1.82, 2.24) is 4.98 Å². The van der Waals surface area contributed by atoms with Crippen molar-refractivity contribution in [2.45, 2.75) is 19.4 Å². The van der Waals surface area contributed by atoms with Crippen LogP contribution in [0.15, 0.2) is 36.5 Å². The van der Waals surface area contributed by atoms with Gasteiger partial charge in [0, 0.05) is 6.07 Å². The molecule has 5 heteroatoms. The van der Waals surface area contributed by atoms with Gasteiger partial charge in [0.25, 0.3) is 0 Å². The van der Waals surface area contributed by atoms with Crippen LogP contribution < -0.4 is 4.74 Å². The summed E-state index contributed by atoms with van der Waals surface area (Å²) in [6, 6.07) is 7.50. The summed E-state index contributed by atoms with van der Waals surface area (Å²) in [7, 11) is 0. The van der Waals surface area contributed by atoms with Crippen LogP contribution in [0.1, 0.15) is 25.1 Å². The summed E-state index contributed by atoms with van der Waals surface area (Å²) in [5.41, 5.74) is 0.590. The molecule has 1 atom stereocenters. The molecule has 0 aliphatic heterocycles. The Hall–Kier alpha value is -1.65. The lowest BCUT2D eigenvalue weighted by Gasteiger charge is -2.09. The van der Waals surface area contributed by atoms with Gasteiger partial charge in [-0.25, -0.2) is 4.39 Å². The highest BCUT2D eigenvalue weighted by Gasteiger charge is 2.07. The smallest absolute Gasteiger partial charge is 0.145 e. The van der Waals surface area contributed by atoms with Crippen molar-refractivity contribution in [1.29, 1.82) is 0 Å². The standard InChI is InChI=1S/C14H13ClFNO2/c1-2-14(18)13-6-4-10(8-17-13)19-9-3-5-12(16)11(15)7-9/h3-8,14,18H,2H2,1H3. The van der Waals surface area contributed by atoms with Gasteiger partial charge in [-0.1, -0.05) is 18.5 Å². The van der Waals surface area contributed by atoms with Crippen molar-refractivity contribution in [2.75, 3.05) is 0 Å². The van der Waals surface area contributed by atoms with Crippen molar-refractivity contribution >= 4 is 11.6 Å². The third-order valence-corrected chi connectivity index (χ3v) is 2.90. The molecule has 19 heavy (non-hydrogen) atoms. The molecule has 1 unspecified atom stereocenters. The summed E-state index contributed by atoms with van der Waals surface area (Å²) in [6.45, 7) is 1.87. The summed E-state index contributed by atoms with van der Waals surface area (Å²) < 4.78 is 18.5. The quantitative estimate of drug-likeness (QED) is 0.917. The van der Waals surface area contributed by atoms with Crippen LogP contribution in [0.4, 0.5) is 4.39 Å². The third kappa shape index (κ3) is 3.43. The van der Waals surface area contributed by atoms with Gasteiger partial charge >= 0.3 is 0 Å². The first-order valence-corrected chi connectivity index (χ1v) is 6.25. The molecule has 1 aromatic heterocycles. The summed E-state index contributed by atoms with van der Waals surface area (Å²) in [5, 5.41) is 9.62. The van der Waals surface area contributed by atoms with E-state index < -0.39 is 11.9 Å². The number of hydrogen-bond donors (Lipinski definition) is 1. The third-order valence-electron chi connectivity index (χ3n) is 2.61. The van der Waals surface area contributed by atoms with E-state index in [1.807, 2.05) is 6.92 Å². The van der Waals surface area contributed by atoms with Crippen LogP contribution in [0, 0.1) is 5.82 Å². The van der Waals surface area contributed by atoms with E-state index in [-0.39, 0.29) is 5.02 Å². The van der Waals surface area contributed by atoms with Gasteiger partial charge in [-0.3, -0.25) is 4.98 Å². The molecule has 1 heterocycles. The van der Waals surface area contributed by atoms with Crippen LogP contribution >= 0.6 is 11.6 Å². The number of benzene rings is 1. The van der Waals surface area contributed by atoms with Gasteiger partial charge in [0.2, 0.25) is 0 Å². The maximum atomic E-state index is 13.0. The number of nitrogens with zero attached hydrogens (tertiary/aromatic N) is 1. The zero-order valence-corrected chi connectivity index (χ0v) is 11.1. The second-order valence-electron chi connectivity index (χ2n) is 4.02. The zero-order chi connectivity index (χ0) is 13.8. The van der Waals surface area contributed by atoms with E-state index in [4.69, 9.17) is 16.3 Å². The molecule has 100 valence electrons. The minimum atomic E-state index is -0.575. The fourth-order valence-corrected chi connectivity index (χ4v) is 1.71. The molecule has 2 rings (SSSR count). The Kier molecular flexibility index (Phi) is 4.35. The van der Waals surface area contributed by atoms with Gasteiger partial charge in [-0.15, -0.1) is 0 Å². The fourth-order valence-electron chi connectivity index (χ4n) is 1.53. The molecule has 0 amide bonds. The molecule has 2 aromatic rings. The lowest BCUT2D eigenvalue weighted by atomic mass is 10.2. The second kappa shape index (κ2) is 5.99. The molecule has 1 N–H and O–H groups in total. The minimum Gasteiger partial charge on any atom is -0.456 e. The van der Waals surface area contributed by atoms with Crippen molar-refractivity contribution in [3.05, 3.63) is 53.1 Å². The maximum Gasteiger partial charge on any atom is 0.145 e. The van der Waals surface area contributed by atoms with E-state index in [1.165, 1.54) is 24.4 Å². The number of aliphatic hydroxyl groups excluding tert-OH is 1. The Morgan fingerprint density at radius 2 is 2.05 bits per heavy atom. The summed E-state index contributed by atoms with van der Waals surface area (Å²) >= 11 is 5.66. The van der Waals surface area contributed by atoms with Crippen LogP contribution in [0.25, 0.3) is 0 Å². The average Bonchev–Trinajstić information content (AvgIpc) is 2.43. The van der Waals surface area contributed by atoms with Crippen molar-refractivity contribution in [3.63, 3.8) is 0 Å². The van der Waals surface area contributed by atoms with E-state index in [9.17, 15) is 9.50 Å². The number of pyridine rings is 1. The van der Waals surface area contributed by atoms with Crippen molar-refractivity contribution < 1.29 is 14.2 Å². The summed E-state index contributed by atoms with van der Waals surface area (Å²) in [6.07, 6.45) is 1.53. The number of hydrogen-bond acceptors (Lipinski definition) is 3. The number of rotatable bonds is 4. The monoisotopic (exact) mass is 281 g/mol. The molecular formula is C14H13ClFNO2. The Labute approximate surface area is 115 Å². The molecule has 1 aromatic carbocycles. The lowest BCUT2D eigenvalue weighted by molar-refractivity contribution is 0.169. The molecule has 0 bridgehead atoms. The van der Waals surface area contributed by atoms with E-state index in [0.29, 0.717) is 23.6 Å². The van der Waals surface area contributed by atoms with Gasteiger partial charge < -0.3 is 9.84 Å². The van der Waals surface area contributed by atoms with Crippen molar-refractivity contribution in [3.8, 4) is 11.5 Å². The van der Waals surface area contributed by atoms with E-state index in [0.717, 1.165) is 0 Å². The first-order valence-electron chi connectivity index (χ1n) is 5.87. The first-order chi connectivity index (χ1) is 9.10. The molecular weight excluding hydrogens is 269 g/mol. The highest BCUT2D eigenvalue weighted by Crippen LogP contribution is 2.26. The molecule has 0 spiro atoms. The Balaban J connectivity index is 2.12. The molecule has 0 aliphatic carbocycles. The normalized spacial score (nSPS) is 12.2. The second-order valence-corrected chi connectivity index (χ2v) is 4.43. The topological polar surface area (TPSA) is 42.4 Å². The van der Waals surface area contributed by atoms with Gasteiger partial charge in [0.05, 0.1) is 23.0 Å². The van der Waals surface area contributed by atoms with Gasteiger partial charge in [-0.05, 0) is 30.7 Å². The fraction of sp³-hybridized carbons (Fsp3) is 0.214. The highest BCUT2D eigenvalue weighted by atomic mass is 35.5. The maximum absolute atomic E-state index is 13.0. The number of halogens is 2. The molecule has 0 aliphatic rings. The largest absolute Gasteiger partial charge is 0.456 e. The summed E-state index contributed by atoms with van der Waals surface area (Å²) in [4.78, 5) is 4.10. The molecule has 0 fully saturated rings. The van der Waals surface area contributed by atoms with Crippen LogP contribution in [0.3, 0.4) is 0 Å². The zero-order valence-electron chi connectivity index (χ0n) is 10.3. The first kappa shape index (κ1) is 13.8. The van der Waals surface area contributed by atoms with Crippen LogP contribution in [-0.2, 0) is 0 Å². The number of aliphatic hydroxyl groups is 1. The lowest BCUT2D eigenvalue weighted by Crippen LogP contribution is -1.98. The van der Waals surface area contributed by atoms with Crippen LogP contribution in [0.5, 0.6) is 11.5 Å².